The number of hydrogen-bond acceptors (Lipinski definition) is 3. The van der Waals surface area contributed by atoms with Crippen molar-refractivity contribution in [3.63, 3.8) is 0 Å². The Morgan fingerprint density at radius 2 is 2.10 bits per heavy atom. The Balaban J connectivity index is 1.73. The maximum Gasteiger partial charge on any atom is 0.329 e. The second-order valence-corrected chi connectivity index (χ2v) is 6.14. The number of carbonyl (C=O) groups excluding carboxylic acids is 2. The molecule has 1 aliphatic heterocycles. The van der Waals surface area contributed by atoms with Gasteiger partial charge in [-0.3, -0.25) is 4.79 Å². The summed E-state index contributed by atoms with van der Waals surface area (Å²) in [6, 6.07) is -0.420. The summed E-state index contributed by atoms with van der Waals surface area (Å²) < 4.78 is 5.38. The maximum atomic E-state index is 11.9. The van der Waals surface area contributed by atoms with E-state index in [0.29, 0.717) is 6.42 Å². The third-order valence-electron chi connectivity index (χ3n) is 4.46. The molecular weight excluding hydrogens is 266 g/mol. The van der Waals surface area contributed by atoms with Crippen LogP contribution in [0.4, 0.5) is 0 Å². The van der Waals surface area contributed by atoms with E-state index in [1.54, 1.807) is 0 Å². The number of carbonyl (C=O) groups is 2. The number of allylic oxidation sites excluding steroid dienone is 1. The number of ether oxygens (including phenoxy) is 1. The van der Waals surface area contributed by atoms with Gasteiger partial charge in [-0.15, -0.1) is 0 Å². The molecule has 0 aromatic heterocycles. The number of rotatable bonds is 7. The van der Waals surface area contributed by atoms with Crippen molar-refractivity contribution in [2.24, 2.45) is 5.92 Å². The maximum absolute atomic E-state index is 11.9. The van der Waals surface area contributed by atoms with Gasteiger partial charge in [0.25, 0.3) is 0 Å². The van der Waals surface area contributed by atoms with Gasteiger partial charge in [0, 0.05) is 12.3 Å². The molecule has 1 saturated heterocycles. The van der Waals surface area contributed by atoms with Gasteiger partial charge in [-0.25, -0.2) is 4.79 Å². The molecule has 21 heavy (non-hydrogen) atoms. The fraction of sp³-hybridized carbons (Fsp3) is 0.765. The highest BCUT2D eigenvalue weighted by atomic mass is 16.6. The molecule has 0 aromatic carbocycles. The highest BCUT2D eigenvalue weighted by Gasteiger charge is 2.45. The van der Waals surface area contributed by atoms with Gasteiger partial charge in [-0.05, 0) is 32.1 Å². The third kappa shape index (κ3) is 4.58. The smallest absolute Gasteiger partial charge is 0.329 e. The first-order valence-corrected chi connectivity index (χ1v) is 8.37. The average Bonchev–Trinajstić information content (AvgIpc) is 2.79. The van der Waals surface area contributed by atoms with Crippen LogP contribution in [0.1, 0.15) is 64.7 Å². The van der Waals surface area contributed by atoms with E-state index in [1.807, 2.05) is 6.08 Å². The van der Waals surface area contributed by atoms with E-state index in [9.17, 15) is 9.59 Å². The largest absolute Gasteiger partial charge is 0.460 e. The van der Waals surface area contributed by atoms with Crippen LogP contribution in [-0.2, 0) is 14.3 Å². The number of nitrogens with one attached hydrogen (secondary N) is 1. The summed E-state index contributed by atoms with van der Waals surface area (Å²) in [7, 11) is 0. The van der Waals surface area contributed by atoms with Gasteiger partial charge < -0.3 is 10.1 Å². The lowest BCUT2D eigenvalue weighted by atomic mass is 9.83. The molecule has 0 spiro atoms. The lowest BCUT2D eigenvalue weighted by Gasteiger charge is -2.25. The Bertz CT molecular complexity index is 391. The first kappa shape index (κ1) is 16.1. The van der Waals surface area contributed by atoms with Crippen LogP contribution in [-0.4, -0.2) is 24.0 Å². The molecule has 0 aromatic rings. The van der Waals surface area contributed by atoms with Crippen molar-refractivity contribution in [1.29, 1.82) is 0 Å². The molecule has 2 unspecified atom stereocenters. The fourth-order valence-electron chi connectivity index (χ4n) is 3.27. The van der Waals surface area contributed by atoms with E-state index in [4.69, 9.17) is 4.74 Å². The normalized spacial score (nSPS) is 28.4. The van der Waals surface area contributed by atoms with Crippen LogP contribution in [0.2, 0.25) is 0 Å². The van der Waals surface area contributed by atoms with Gasteiger partial charge in [-0.1, -0.05) is 38.3 Å². The molecule has 1 aliphatic carbocycles. The zero-order valence-electron chi connectivity index (χ0n) is 13.0. The Labute approximate surface area is 127 Å². The molecule has 118 valence electrons. The summed E-state index contributed by atoms with van der Waals surface area (Å²) in [4.78, 5) is 23.8. The lowest BCUT2D eigenvalue weighted by molar-refractivity contribution is -0.144. The van der Waals surface area contributed by atoms with E-state index >= 15 is 0 Å². The van der Waals surface area contributed by atoms with Crippen molar-refractivity contribution in [2.75, 3.05) is 0 Å². The average molecular weight is 293 g/mol. The van der Waals surface area contributed by atoms with Crippen LogP contribution in [0, 0.1) is 5.92 Å². The van der Waals surface area contributed by atoms with Crippen molar-refractivity contribution >= 4 is 11.9 Å². The molecule has 4 nitrogen and oxygen atoms in total. The zero-order chi connectivity index (χ0) is 15.1. The van der Waals surface area contributed by atoms with E-state index in [-0.39, 0.29) is 23.9 Å². The van der Waals surface area contributed by atoms with Crippen molar-refractivity contribution in [3.05, 3.63) is 12.2 Å². The van der Waals surface area contributed by atoms with E-state index in [0.717, 1.165) is 32.1 Å². The van der Waals surface area contributed by atoms with Crippen molar-refractivity contribution in [3.8, 4) is 0 Å². The summed E-state index contributed by atoms with van der Waals surface area (Å²) in [5.74, 6) is -0.133. The topological polar surface area (TPSA) is 55.4 Å². The van der Waals surface area contributed by atoms with Gasteiger partial charge in [-0.2, -0.15) is 0 Å². The van der Waals surface area contributed by atoms with E-state index in [1.165, 1.54) is 19.3 Å². The molecule has 1 saturated carbocycles. The van der Waals surface area contributed by atoms with Gasteiger partial charge >= 0.3 is 5.97 Å². The number of hydrogen-bond donors (Lipinski definition) is 1. The van der Waals surface area contributed by atoms with Gasteiger partial charge in [0.1, 0.15) is 12.1 Å². The molecule has 1 N–H and O–H groups in total. The Hall–Kier alpha value is -1.32. The number of esters is 1. The monoisotopic (exact) mass is 293 g/mol. The molecule has 2 rings (SSSR count). The number of unbranched alkanes of at least 4 members (excludes halogenated alkanes) is 3. The Morgan fingerprint density at radius 3 is 2.90 bits per heavy atom. The predicted octanol–water partition coefficient (Wildman–Crippen LogP) is 3.11. The van der Waals surface area contributed by atoms with Crippen molar-refractivity contribution < 1.29 is 14.3 Å². The summed E-state index contributed by atoms with van der Waals surface area (Å²) in [6.07, 6.45) is 13.2. The first-order chi connectivity index (χ1) is 10.2. The van der Waals surface area contributed by atoms with Crippen LogP contribution in [0.5, 0.6) is 0 Å². The first-order valence-electron chi connectivity index (χ1n) is 8.37. The molecule has 0 radical (unpaired) electrons. The summed E-state index contributed by atoms with van der Waals surface area (Å²) in [5.41, 5.74) is 0. The SMILES string of the molecule is CCCCC/C=C/CC(=O)N[C@@H]1C(=O)OC2CCCCC21. The quantitative estimate of drug-likeness (QED) is 0.446. The second kappa shape index (κ2) is 8.20. The van der Waals surface area contributed by atoms with Gasteiger partial charge in [0.05, 0.1) is 0 Å². The van der Waals surface area contributed by atoms with Crippen molar-refractivity contribution in [2.45, 2.75) is 76.9 Å². The Morgan fingerprint density at radius 1 is 1.29 bits per heavy atom. The molecule has 0 bridgehead atoms. The van der Waals surface area contributed by atoms with Crippen LogP contribution >= 0.6 is 0 Å². The summed E-state index contributed by atoms with van der Waals surface area (Å²) in [6.45, 7) is 2.18. The molecule has 3 atom stereocenters. The second-order valence-electron chi connectivity index (χ2n) is 6.14. The summed E-state index contributed by atoms with van der Waals surface area (Å²) in [5, 5.41) is 2.87. The van der Waals surface area contributed by atoms with Crippen LogP contribution < -0.4 is 5.32 Å². The highest BCUT2D eigenvalue weighted by molar-refractivity contribution is 5.86. The predicted molar refractivity (Wildman–Crippen MR) is 81.7 cm³/mol. The lowest BCUT2D eigenvalue weighted by Crippen LogP contribution is -2.43. The third-order valence-corrected chi connectivity index (χ3v) is 4.46. The number of fused-ring (bicyclic) bond motifs is 1. The minimum atomic E-state index is -0.420. The number of amides is 1. The molecular formula is C17H27NO3. The highest BCUT2D eigenvalue weighted by Crippen LogP contribution is 2.35. The van der Waals surface area contributed by atoms with E-state index < -0.39 is 6.04 Å². The zero-order valence-corrected chi connectivity index (χ0v) is 13.0. The van der Waals surface area contributed by atoms with E-state index in [2.05, 4.69) is 18.3 Å². The standard InChI is InChI=1S/C17H27NO3/c1-2-3-4-5-6-7-12-15(19)18-16-13-10-8-9-11-14(13)21-17(16)20/h6-7,13-14,16H,2-5,8-12H2,1H3,(H,18,19)/b7-6+/t13?,14?,16-/m0/s1. The van der Waals surface area contributed by atoms with Gasteiger partial charge in [0.2, 0.25) is 5.91 Å². The molecule has 2 fully saturated rings. The molecule has 4 heteroatoms. The molecule has 1 heterocycles. The van der Waals surface area contributed by atoms with Crippen LogP contribution in [0.25, 0.3) is 0 Å². The van der Waals surface area contributed by atoms with Crippen LogP contribution in [0.3, 0.4) is 0 Å². The van der Waals surface area contributed by atoms with Crippen molar-refractivity contribution in [1.82, 2.24) is 5.32 Å². The molecule has 1 amide bonds. The molecule has 2 aliphatic rings. The Kier molecular flexibility index (Phi) is 6.27. The van der Waals surface area contributed by atoms with Crippen LogP contribution in [0.15, 0.2) is 12.2 Å². The summed E-state index contributed by atoms with van der Waals surface area (Å²) >= 11 is 0. The minimum absolute atomic E-state index is 0.0288. The fourth-order valence-corrected chi connectivity index (χ4v) is 3.27. The van der Waals surface area contributed by atoms with Gasteiger partial charge in [0.15, 0.2) is 0 Å². The minimum Gasteiger partial charge on any atom is -0.460 e.